The molecule has 1 aromatic carbocycles. The third-order valence-electron chi connectivity index (χ3n) is 6.22. The fraction of sp³-hybridized carbons (Fsp3) is 0.500. The van der Waals surface area contributed by atoms with E-state index < -0.39 is 0 Å². The van der Waals surface area contributed by atoms with E-state index in [9.17, 15) is 5.11 Å². The fourth-order valence-corrected chi connectivity index (χ4v) is 4.82. The van der Waals surface area contributed by atoms with Crippen LogP contribution in [-0.2, 0) is 11.3 Å². The fourth-order valence-electron chi connectivity index (χ4n) is 4.82. The lowest BCUT2D eigenvalue weighted by Crippen LogP contribution is -2.67. The topological polar surface area (TPSA) is 61.7 Å². The monoisotopic (exact) mass is 406 g/mol. The van der Waals surface area contributed by atoms with Crippen LogP contribution < -0.4 is 0 Å². The van der Waals surface area contributed by atoms with Crippen molar-refractivity contribution in [1.29, 1.82) is 0 Å². The Labute approximate surface area is 178 Å². The maximum Gasteiger partial charge on any atom is 0.115 e. The summed E-state index contributed by atoms with van der Waals surface area (Å²) in [5.74, 6) is 6.46. The molecule has 0 unspecified atom stereocenters. The molecule has 2 aliphatic heterocycles. The standard InChI is InChI=1S/C24H30N4O2/c1-30-12-4-5-19-6-8-21(9-7-19)24-22-16-27(15-20-13-25-18-26-14-20)10-2-3-11-28(22)23(24)17-29/h6-9,13-14,18,22-24,29H,2-3,10-12,15-17H2,1H3/t22-,23+,24+/m0/s1. The molecule has 0 aliphatic carbocycles. The molecule has 0 amide bonds. The lowest BCUT2D eigenvalue weighted by Gasteiger charge is -2.57. The lowest BCUT2D eigenvalue weighted by molar-refractivity contribution is -0.0655. The van der Waals surface area contributed by atoms with Gasteiger partial charge in [0, 0.05) is 61.7 Å². The Hall–Kier alpha value is -2.30. The van der Waals surface area contributed by atoms with Gasteiger partial charge in [-0.25, -0.2) is 9.97 Å². The Bertz CT molecular complexity index is 862. The van der Waals surface area contributed by atoms with Crippen LogP contribution >= 0.6 is 0 Å². The van der Waals surface area contributed by atoms with Crippen LogP contribution in [0.2, 0.25) is 0 Å². The highest BCUT2D eigenvalue weighted by atomic mass is 16.5. The normalized spacial score (nSPS) is 24.7. The Morgan fingerprint density at radius 2 is 1.90 bits per heavy atom. The highest BCUT2D eigenvalue weighted by Gasteiger charge is 2.48. The summed E-state index contributed by atoms with van der Waals surface area (Å²) >= 11 is 0. The van der Waals surface area contributed by atoms with Crippen molar-refractivity contribution in [3.63, 3.8) is 0 Å². The summed E-state index contributed by atoms with van der Waals surface area (Å²) in [7, 11) is 1.65. The number of aliphatic hydroxyl groups excluding tert-OH is 1. The van der Waals surface area contributed by atoms with E-state index in [0.29, 0.717) is 18.6 Å². The van der Waals surface area contributed by atoms with Crippen LogP contribution in [0.25, 0.3) is 0 Å². The van der Waals surface area contributed by atoms with E-state index in [2.05, 4.69) is 55.9 Å². The van der Waals surface area contributed by atoms with Gasteiger partial charge in [-0.15, -0.1) is 0 Å². The minimum absolute atomic E-state index is 0.195. The first kappa shape index (κ1) is 21.0. The highest BCUT2D eigenvalue weighted by molar-refractivity contribution is 5.39. The van der Waals surface area contributed by atoms with E-state index >= 15 is 0 Å². The van der Waals surface area contributed by atoms with Crippen molar-refractivity contribution in [2.75, 3.05) is 40.0 Å². The summed E-state index contributed by atoms with van der Waals surface area (Å²) in [6.45, 7) is 4.65. The van der Waals surface area contributed by atoms with Gasteiger partial charge in [0.2, 0.25) is 0 Å². The molecule has 0 radical (unpaired) electrons. The van der Waals surface area contributed by atoms with Gasteiger partial charge in [0.1, 0.15) is 12.9 Å². The number of hydrogen-bond donors (Lipinski definition) is 1. The van der Waals surface area contributed by atoms with Crippen molar-refractivity contribution in [2.45, 2.75) is 37.4 Å². The van der Waals surface area contributed by atoms with E-state index in [1.807, 2.05) is 12.4 Å². The summed E-state index contributed by atoms with van der Waals surface area (Å²) in [5.41, 5.74) is 3.44. The Morgan fingerprint density at radius 3 is 2.63 bits per heavy atom. The predicted octanol–water partition coefficient (Wildman–Crippen LogP) is 1.90. The molecule has 158 valence electrons. The van der Waals surface area contributed by atoms with Crippen LogP contribution in [0.5, 0.6) is 0 Å². The lowest BCUT2D eigenvalue weighted by atomic mass is 9.74. The van der Waals surface area contributed by atoms with Crippen LogP contribution in [0.1, 0.15) is 35.4 Å². The SMILES string of the molecule is COCC#Cc1ccc([C@H]2[C@@H](CO)N3CCCCN(Cc4cncnc4)C[C@@H]23)cc1. The first-order valence-electron chi connectivity index (χ1n) is 10.7. The number of methoxy groups -OCH3 is 1. The predicted molar refractivity (Wildman–Crippen MR) is 116 cm³/mol. The van der Waals surface area contributed by atoms with Crippen LogP contribution in [0.3, 0.4) is 0 Å². The smallest absolute Gasteiger partial charge is 0.115 e. The summed E-state index contributed by atoms with van der Waals surface area (Å²) in [4.78, 5) is 13.3. The van der Waals surface area contributed by atoms with Gasteiger partial charge in [-0.3, -0.25) is 9.80 Å². The zero-order chi connectivity index (χ0) is 20.8. The number of nitrogens with zero attached hydrogens (tertiary/aromatic N) is 4. The maximum absolute atomic E-state index is 10.1. The minimum Gasteiger partial charge on any atom is -0.395 e. The van der Waals surface area contributed by atoms with E-state index in [0.717, 1.165) is 43.7 Å². The summed E-state index contributed by atoms with van der Waals surface area (Å²) in [6, 6.07) is 9.12. The van der Waals surface area contributed by atoms with Crippen molar-refractivity contribution < 1.29 is 9.84 Å². The molecule has 2 aromatic rings. The molecular formula is C24H30N4O2. The Morgan fingerprint density at radius 1 is 1.13 bits per heavy atom. The number of benzene rings is 1. The molecule has 30 heavy (non-hydrogen) atoms. The highest BCUT2D eigenvalue weighted by Crippen LogP contribution is 2.42. The van der Waals surface area contributed by atoms with Crippen LogP contribution in [0.4, 0.5) is 0 Å². The van der Waals surface area contributed by atoms with Gasteiger partial charge >= 0.3 is 0 Å². The summed E-state index contributed by atoms with van der Waals surface area (Å²) in [6.07, 6.45) is 7.73. The number of rotatable bonds is 5. The molecule has 3 heterocycles. The molecule has 1 N–H and O–H groups in total. The van der Waals surface area contributed by atoms with Crippen LogP contribution in [0, 0.1) is 11.8 Å². The third-order valence-corrected chi connectivity index (χ3v) is 6.22. The van der Waals surface area contributed by atoms with E-state index in [4.69, 9.17) is 4.74 Å². The third kappa shape index (κ3) is 4.71. The molecule has 0 bridgehead atoms. The molecule has 2 saturated heterocycles. The van der Waals surface area contributed by atoms with Crippen molar-refractivity contribution >= 4 is 0 Å². The van der Waals surface area contributed by atoms with E-state index in [-0.39, 0.29) is 12.6 Å². The summed E-state index contributed by atoms with van der Waals surface area (Å²) < 4.78 is 5.00. The van der Waals surface area contributed by atoms with Gasteiger partial charge in [0.05, 0.1) is 6.61 Å². The second kappa shape index (κ2) is 10.1. The maximum atomic E-state index is 10.1. The number of hydrogen-bond acceptors (Lipinski definition) is 6. The molecule has 2 fully saturated rings. The Balaban J connectivity index is 1.50. The van der Waals surface area contributed by atoms with Gasteiger partial charge in [-0.05, 0) is 43.6 Å². The second-order valence-corrected chi connectivity index (χ2v) is 8.13. The zero-order valence-corrected chi connectivity index (χ0v) is 17.6. The largest absolute Gasteiger partial charge is 0.395 e. The van der Waals surface area contributed by atoms with Crippen molar-refractivity contribution in [1.82, 2.24) is 19.8 Å². The number of aromatic nitrogens is 2. The first-order chi connectivity index (χ1) is 14.8. The van der Waals surface area contributed by atoms with E-state index in [1.165, 1.54) is 12.0 Å². The molecule has 3 atom stereocenters. The van der Waals surface area contributed by atoms with Gasteiger partial charge in [0.25, 0.3) is 0 Å². The average molecular weight is 407 g/mol. The Kier molecular flexibility index (Phi) is 7.08. The molecular weight excluding hydrogens is 376 g/mol. The zero-order valence-electron chi connectivity index (χ0n) is 17.6. The minimum atomic E-state index is 0.195. The summed E-state index contributed by atoms with van der Waals surface area (Å²) in [5, 5.41) is 10.1. The number of ether oxygens (including phenoxy) is 1. The van der Waals surface area contributed by atoms with E-state index in [1.54, 1.807) is 13.4 Å². The molecule has 0 spiro atoms. The molecule has 6 heteroatoms. The van der Waals surface area contributed by atoms with Crippen LogP contribution in [-0.4, -0.2) is 76.9 Å². The van der Waals surface area contributed by atoms with Crippen LogP contribution in [0.15, 0.2) is 43.0 Å². The van der Waals surface area contributed by atoms with Gasteiger partial charge in [-0.1, -0.05) is 24.0 Å². The van der Waals surface area contributed by atoms with Crippen molar-refractivity contribution in [3.05, 3.63) is 59.7 Å². The molecule has 0 saturated carbocycles. The molecule has 2 aliphatic rings. The van der Waals surface area contributed by atoms with Crippen molar-refractivity contribution in [2.24, 2.45) is 0 Å². The first-order valence-corrected chi connectivity index (χ1v) is 10.7. The number of fused-ring (bicyclic) bond motifs is 1. The van der Waals surface area contributed by atoms with Gasteiger partial charge in [-0.2, -0.15) is 0 Å². The number of aliphatic hydroxyl groups is 1. The second-order valence-electron chi connectivity index (χ2n) is 8.13. The average Bonchev–Trinajstić information content (AvgIpc) is 2.76. The van der Waals surface area contributed by atoms with Gasteiger partial charge < -0.3 is 9.84 Å². The van der Waals surface area contributed by atoms with Crippen molar-refractivity contribution in [3.8, 4) is 11.8 Å². The molecule has 6 nitrogen and oxygen atoms in total. The molecule has 4 rings (SSSR count). The molecule has 1 aromatic heterocycles. The van der Waals surface area contributed by atoms with Gasteiger partial charge in [0.15, 0.2) is 0 Å². The quantitative estimate of drug-likeness (QED) is 0.766.